The van der Waals surface area contributed by atoms with Crippen LogP contribution in [0, 0.1) is 0 Å². The molecular weight excluding hydrogens is 644 g/mol. The fourth-order valence-corrected chi connectivity index (χ4v) is 7.35. The van der Waals surface area contributed by atoms with Gasteiger partial charge in [-0.25, -0.2) is 31.9 Å². The Morgan fingerprint density at radius 2 is 1.55 bits per heavy atom. The number of carbonyl (C=O) groups is 3. The third kappa shape index (κ3) is 8.23. The number of nitrogens with zero attached hydrogens (tertiary/aromatic N) is 3. The Morgan fingerprint density at radius 1 is 0.936 bits per heavy atom. The molecule has 0 unspecified atom stereocenters. The molecule has 13 heteroatoms. The number of ether oxygens (including phenoxy) is 2. The number of hydrogen-bond donors (Lipinski definition) is 1. The lowest BCUT2D eigenvalue weighted by Gasteiger charge is -2.30. The minimum Gasteiger partial charge on any atom is -0.444 e. The molecule has 0 fully saturated rings. The number of rotatable bonds is 6. The number of hydrogen-bond acceptors (Lipinski definition) is 8. The lowest BCUT2D eigenvalue weighted by Crippen LogP contribution is -2.45. The molecular formula is C34H41ClN4O7S. The van der Waals surface area contributed by atoms with Crippen molar-refractivity contribution in [3.8, 4) is 11.3 Å². The molecule has 252 valence electrons. The van der Waals surface area contributed by atoms with Gasteiger partial charge in [0.1, 0.15) is 21.9 Å². The molecule has 0 radical (unpaired) electrons. The molecule has 1 aliphatic rings. The van der Waals surface area contributed by atoms with Crippen LogP contribution in [0.5, 0.6) is 0 Å². The number of sulfonamides is 1. The maximum atomic E-state index is 13.7. The monoisotopic (exact) mass is 684 g/mol. The zero-order chi connectivity index (χ0) is 35.1. The highest BCUT2D eigenvalue weighted by Crippen LogP contribution is 2.39. The van der Waals surface area contributed by atoms with E-state index in [1.807, 2.05) is 30.3 Å². The predicted molar refractivity (Wildman–Crippen MR) is 180 cm³/mol. The number of benzene rings is 2. The van der Waals surface area contributed by atoms with Gasteiger partial charge in [-0.05, 0) is 73.9 Å². The highest BCUT2D eigenvalue weighted by molar-refractivity contribution is 7.99. The van der Waals surface area contributed by atoms with Crippen LogP contribution in [0.25, 0.3) is 16.2 Å². The predicted octanol–water partition coefficient (Wildman–Crippen LogP) is 7.11. The third-order valence-electron chi connectivity index (χ3n) is 6.76. The van der Waals surface area contributed by atoms with Gasteiger partial charge in [0.05, 0.1) is 23.5 Å². The van der Waals surface area contributed by atoms with Gasteiger partial charge in [-0.3, -0.25) is 4.79 Å². The van der Waals surface area contributed by atoms with Crippen molar-refractivity contribution < 1.29 is 32.3 Å². The average molecular weight is 685 g/mol. The van der Waals surface area contributed by atoms with Crippen LogP contribution in [-0.4, -0.2) is 57.1 Å². The second-order valence-corrected chi connectivity index (χ2v) is 16.3. The maximum absolute atomic E-state index is 13.7. The van der Waals surface area contributed by atoms with Gasteiger partial charge < -0.3 is 14.8 Å². The first kappa shape index (κ1) is 35.7. The first-order valence-corrected chi connectivity index (χ1v) is 16.9. The van der Waals surface area contributed by atoms with Crippen LogP contribution in [0.1, 0.15) is 85.3 Å². The van der Waals surface area contributed by atoms with Crippen molar-refractivity contribution >= 4 is 44.6 Å². The van der Waals surface area contributed by atoms with Gasteiger partial charge in [-0.1, -0.05) is 54.1 Å². The van der Waals surface area contributed by atoms with Crippen molar-refractivity contribution in [1.82, 2.24) is 19.2 Å². The normalized spacial score (nSPS) is 15.7. The summed E-state index contributed by atoms with van der Waals surface area (Å²) in [6.07, 6.45) is 1.24. The van der Waals surface area contributed by atoms with E-state index in [0.717, 1.165) is 10.4 Å². The Balaban J connectivity index is 1.79. The van der Waals surface area contributed by atoms with Gasteiger partial charge in [0.25, 0.3) is 15.9 Å². The summed E-state index contributed by atoms with van der Waals surface area (Å²) in [7, 11) is -4.15. The number of alkyl carbamates (subject to hydrolysis) is 1. The van der Waals surface area contributed by atoms with E-state index in [-0.39, 0.29) is 27.7 Å². The summed E-state index contributed by atoms with van der Waals surface area (Å²) in [5.74, 6) is -0.478. The Kier molecular flexibility index (Phi) is 9.72. The molecule has 1 aromatic heterocycles. The molecule has 11 nitrogen and oxygen atoms in total. The van der Waals surface area contributed by atoms with Crippen molar-refractivity contribution in [1.29, 1.82) is 0 Å². The molecule has 2 amide bonds. The fraction of sp³-hybridized carbons (Fsp3) is 0.412. The van der Waals surface area contributed by atoms with E-state index in [4.69, 9.17) is 21.1 Å². The number of imidazole rings is 1. The van der Waals surface area contributed by atoms with Crippen molar-refractivity contribution in [2.45, 2.75) is 91.5 Å². The molecule has 0 saturated heterocycles. The number of halogens is 1. The highest BCUT2D eigenvalue weighted by atomic mass is 35.5. The zero-order valence-electron chi connectivity index (χ0n) is 28.0. The Labute approximate surface area is 281 Å². The van der Waals surface area contributed by atoms with Crippen LogP contribution in [0.3, 0.4) is 0 Å². The molecule has 0 spiro atoms. The first-order chi connectivity index (χ1) is 21.6. The average Bonchev–Trinajstić information content (AvgIpc) is 3.45. The largest absolute Gasteiger partial charge is 0.444 e. The van der Waals surface area contributed by atoms with Gasteiger partial charge in [-0.15, -0.1) is 0 Å². The third-order valence-corrected chi connectivity index (χ3v) is 9.17. The van der Waals surface area contributed by atoms with E-state index >= 15 is 0 Å². The minimum absolute atomic E-state index is 0.0755. The molecule has 1 N–H and O–H groups in total. The van der Waals surface area contributed by atoms with Crippen LogP contribution in [-0.2, 0) is 30.7 Å². The molecule has 0 aliphatic carbocycles. The Bertz CT molecular complexity index is 1830. The zero-order valence-corrected chi connectivity index (χ0v) is 29.6. The number of aromatic nitrogens is 2. The summed E-state index contributed by atoms with van der Waals surface area (Å²) >= 11 is 6.67. The van der Waals surface area contributed by atoms with Crippen molar-refractivity contribution in [3.05, 3.63) is 82.8 Å². The van der Waals surface area contributed by atoms with Gasteiger partial charge in [-0.2, -0.15) is 0 Å². The quantitative estimate of drug-likeness (QED) is 0.290. The lowest BCUT2D eigenvalue weighted by atomic mass is 10.0. The molecule has 1 aliphatic heterocycles. The molecule has 3 aromatic rings. The number of carbonyl (C=O) groups excluding carboxylic acids is 3. The smallest absolute Gasteiger partial charge is 0.420 e. The van der Waals surface area contributed by atoms with E-state index in [2.05, 4.69) is 10.3 Å². The highest BCUT2D eigenvalue weighted by Gasteiger charge is 2.45. The lowest BCUT2D eigenvalue weighted by molar-refractivity contribution is -0.123. The second-order valence-electron chi connectivity index (χ2n) is 14.2. The molecule has 0 saturated carbocycles. The van der Waals surface area contributed by atoms with Crippen molar-refractivity contribution in [2.75, 3.05) is 0 Å². The molecule has 0 bridgehead atoms. The standard InChI is InChI=1S/C34H41ClN4O7S/c1-32(2,3)39-28(40)19-27(47(39,43)44)23-16-15-21(17-24(23)35)18-25(37-30(41)45-33(4,5)6)29-36-20-26(22-13-11-10-12-14-22)38(29)31(42)46-34(7,8)9/h10-17,19-20,25H,18H2,1-9H3,(H,37,41)/t25-/m0/s1. The van der Waals surface area contributed by atoms with Crippen LogP contribution >= 0.6 is 11.6 Å². The first-order valence-electron chi connectivity index (χ1n) is 15.0. The van der Waals surface area contributed by atoms with Crippen LogP contribution in [0.2, 0.25) is 5.02 Å². The van der Waals surface area contributed by atoms with Gasteiger partial charge >= 0.3 is 12.2 Å². The molecule has 2 heterocycles. The van der Waals surface area contributed by atoms with Crippen LogP contribution < -0.4 is 5.32 Å². The molecule has 2 aromatic carbocycles. The second kappa shape index (κ2) is 12.8. The molecule has 47 heavy (non-hydrogen) atoms. The topological polar surface area (TPSA) is 137 Å². The van der Waals surface area contributed by atoms with E-state index < -0.39 is 50.9 Å². The number of amides is 2. The summed E-state index contributed by atoms with van der Waals surface area (Å²) < 4.78 is 40.2. The van der Waals surface area contributed by atoms with Crippen LogP contribution in [0.4, 0.5) is 9.59 Å². The van der Waals surface area contributed by atoms with E-state index in [1.54, 1.807) is 74.4 Å². The SMILES string of the molecule is CC(C)(C)OC(=O)N[C@@H](Cc1ccc(C2=CC(=O)N(C(C)(C)C)S2(=O)=O)c(Cl)c1)c1ncc(-c2ccccc2)n1C(=O)OC(C)(C)C. The summed E-state index contributed by atoms with van der Waals surface area (Å²) in [6.45, 7) is 15.3. The van der Waals surface area contributed by atoms with Crippen LogP contribution in [0.15, 0.2) is 60.8 Å². The van der Waals surface area contributed by atoms with Gasteiger partial charge in [0.15, 0.2) is 0 Å². The van der Waals surface area contributed by atoms with Crippen molar-refractivity contribution in [2.24, 2.45) is 0 Å². The van der Waals surface area contributed by atoms with E-state index in [9.17, 15) is 22.8 Å². The minimum atomic E-state index is -4.15. The molecule has 1 atom stereocenters. The van der Waals surface area contributed by atoms with E-state index in [1.165, 1.54) is 16.8 Å². The van der Waals surface area contributed by atoms with Gasteiger partial charge in [0.2, 0.25) is 0 Å². The summed E-state index contributed by atoms with van der Waals surface area (Å²) in [4.78, 5) is 43.9. The maximum Gasteiger partial charge on any atom is 0.420 e. The summed E-state index contributed by atoms with van der Waals surface area (Å²) in [6, 6.07) is 12.9. The van der Waals surface area contributed by atoms with Crippen molar-refractivity contribution in [3.63, 3.8) is 0 Å². The molecule has 4 rings (SSSR count). The number of nitrogens with one attached hydrogen (secondary N) is 1. The van der Waals surface area contributed by atoms with E-state index in [0.29, 0.717) is 16.8 Å². The van der Waals surface area contributed by atoms with Gasteiger partial charge in [0, 0.05) is 28.6 Å². The Hall–Kier alpha value is -4.16. The Morgan fingerprint density at radius 3 is 2.09 bits per heavy atom. The summed E-state index contributed by atoms with van der Waals surface area (Å²) in [5, 5.41) is 2.92. The summed E-state index contributed by atoms with van der Waals surface area (Å²) in [5.41, 5.74) is -0.729. The fourth-order valence-electron chi connectivity index (χ4n) is 5.07.